The maximum atomic E-state index is 10.1. The summed E-state index contributed by atoms with van der Waals surface area (Å²) >= 11 is 0. The summed E-state index contributed by atoms with van der Waals surface area (Å²) in [7, 11) is 0. The average Bonchev–Trinajstić information content (AvgIpc) is 2.76. The van der Waals surface area contributed by atoms with Crippen LogP contribution < -0.4 is 5.32 Å². The van der Waals surface area contributed by atoms with Gasteiger partial charge in [-0.3, -0.25) is 0 Å². The highest BCUT2D eigenvalue weighted by Gasteiger charge is 2.39. The second-order valence-electron chi connectivity index (χ2n) is 5.12. The second-order valence-corrected chi connectivity index (χ2v) is 5.12. The Balaban J connectivity index is 1.94. The highest BCUT2D eigenvalue weighted by Crippen LogP contribution is 2.23. The Hall–Kier alpha value is -1.10. The molecule has 0 amide bonds. The van der Waals surface area contributed by atoms with E-state index in [4.69, 9.17) is 4.74 Å². The molecule has 1 aromatic carbocycles. The van der Waals surface area contributed by atoms with Gasteiger partial charge in [0.25, 0.3) is 0 Å². The second kappa shape index (κ2) is 5.26. The fraction of sp³-hybridized carbons (Fsp3) is 0.571. The summed E-state index contributed by atoms with van der Waals surface area (Å²) in [6.07, 6.45) is -0.330. The number of anilines is 1. The normalized spacial score (nSPS) is 25.1. The Morgan fingerprint density at radius 3 is 2.83 bits per heavy atom. The minimum absolute atomic E-state index is 0.211. The van der Waals surface area contributed by atoms with Crippen LogP contribution in [-0.2, 0) is 4.74 Å². The van der Waals surface area contributed by atoms with Crippen LogP contribution in [0.4, 0.5) is 5.69 Å². The molecule has 1 fully saturated rings. The lowest BCUT2D eigenvalue weighted by Gasteiger charge is -2.27. The Labute approximate surface area is 108 Å². The molecule has 1 aliphatic rings. The molecule has 1 saturated heterocycles. The van der Waals surface area contributed by atoms with E-state index in [9.17, 15) is 10.2 Å². The number of ether oxygens (including phenoxy) is 1. The molecule has 0 radical (unpaired) electrons. The molecule has 3 N–H and O–H groups in total. The van der Waals surface area contributed by atoms with Crippen molar-refractivity contribution in [3.05, 3.63) is 29.3 Å². The number of benzene rings is 1. The number of nitrogens with one attached hydrogen (secondary N) is 1. The first-order valence-corrected chi connectivity index (χ1v) is 6.30. The van der Waals surface area contributed by atoms with Crippen LogP contribution in [0.15, 0.2) is 18.2 Å². The Morgan fingerprint density at radius 2 is 2.22 bits per heavy atom. The van der Waals surface area contributed by atoms with Gasteiger partial charge in [0.05, 0.1) is 6.61 Å². The number of aryl methyl sites for hydroxylation is 2. The molecule has 4 nitrogen and oxygen atoms in total. The minimum atomic E-state index is -1.11. The third kappa shape index (κ3) is 2.83. The van der Waals surface area contributed by atoms with Gasteiger partial charge in [0.15, 0.2) is 0 Å². The van der Waals surface area contributed by atoms with Crippen LogP contribution in [0.1, 0.15) is 17.5 Å². The smallest absolute Gasteiger partial charge is 0.118 e. The van der Waals surface area contributed by atoms with Gasteiger partial charge in [0.1, 0.15) is 11.7 Å². The highest BCUT2D eigenvalue weighted by atomic mass is 16.5. The van der Waals surface area contributed by atoms with E-state index < -0.39 is 11.7 Å². The van der Waals surface area contributed by atoms with Gasteiger partial charge in [-0.15, -0.1) is 0 Å². The molecule has 1 aliphatic heterocycles. The van der Waals surface area contributed by atoms with Gasteiger partial charge in [0.2, 0.25) is 0 Å². The molecule has 0 spiro atoms. The molecule has 18 heavy (non-hydrogen) atoms. The van der Waals surface area contributed by atoms with Crippen LogP contribution in [0.5, 0.6) is 0 Å². The molecule has 0 saturated carbocycles. The van der Waals surface area contributed by atoms with Gasteiger partial charge >= 0.3 is 0 Å². The Morgan fingerprint density at radius 1 is 1.44 bits per heavy atom. The zero-order valence-electron chi connectivity index (χ0n) is 10.9. The van der Waals surface area contributed by atoms with Gasteiger partial charge in [-0.25, -0.2) is 0 Å². The van der Waals surface area contributed by atoms with Crippen molar-refractivity contribution in [2.45, 2.75) is 32.0 Å². The molecule has 2 rings (SSSR count). The van der Waals surface area contributed by atoms with Crippen LogP contribution in [0.2, 0.25) is 0 Å². The first-order valence-electron chi connectivity index (χ1n) is 6.30. The average molecular weight is 251 g/mol. The van der Waals surface area contributed by atoms with E-state index in [2.05, 4.69) is 11.4 Å². The molecule has 100 valence electrons. The summed E-state index contributed by atoms with van der Waals surface area (Å²) in [6, 6.07) is 6.10. The van der Waals surface area contributed by atoms with Crippen molar-refractivity contribution in [2.24, 2.45) is 0 Å². The molecule has 0 aromatic heterocycles. The summed E-state index contributed by atoms with van der Waals surface area (Å²) < 4.78 is 5.13. The van der Waals surface area contributed by atoms with Crippen LogP contribution in [0, 0.1) is 13.8 Å². The first-order chi connectivity index (χ1) is 8.51. The molecule has 2 unspecified atom stereocenters. The fourth-order valence-corrected chi connectivity index (χ4v) is 2.24. The standard InChI is InChI=1S/C14H21NO3/c1-10-3-4-12(11(2)7-10)15-8-13(16)14(17)5-6-18-9-14/h3-4,7,13,15-17H,5-6,8-9H2,1-2H3. The van der Waals surface area contributed by atoms with Crippen LogP contribution >= 0.6 is 0 Å². The Kier molecular flexibility index (Phi) is 3.90. The van der Waals surface area contributed by atoms with Gasteiger partial charge < -0.3 is 20.3 Å². The highest BCUT2D eigenvalue weighted by molar-refractivity contribution is 5.52. The van der Waals surface area contributed by atoms with Gasteiger partial charge in [0, 0.05) is 25.3 Å². The monoisotopic (exact) mass is 251 g/mol. The molecular weight excluding hydrogens is 230 g/mol. The lowest BCUT2D eigenvalue weighted by Crippen LogP contribution is -2.46. The molecule has 0 bridgehead atoms. The van der Waals surface area contributed by atoms with Crippen LogP contribution in [-0.4, -0.2) is 41.7 Å². The summed E-state index contributed by atoms with van der Waals surface area (Å²) in [4.78, 5) is 0. The van der Waals surface area contributed by atoms with Crippen molar-refractivity contribution in [2.75, 3.05) is 25.1 Å². The van der Waals surface area contributed by atoms with Crippen molar-refractivity contribution in [3.8, 4) is 0 Å². The molecule has 1 heterocycles. The lowest BCUT2D eigenvalue weighted by atomic mass is 9.96. The van der Waals surface area contributed by atoms with E-state index >= 15 is 0 Å². The summed E-state index contributed by atoms with van der Waals surface area (Å²) in [5.74, 6) is 0. The molecule has 1 aromatic rings. The molecular formula is C14H21NO3. The zero-order chi connectivity index (χ0) is 13.2. The largest absolute Gasteiger partial charge is 0.388 e. The number of hydrogen-bond acceptors (Lipinski definition) is 4. The van der Waals surface area contributed by atoms with Crippen molar-refractivity contribution < 1.29 is 14.9 Å². The quantitative estimate of drug-likeness (QED) is 0.753. The van der Waals surface area contributed by atoms with Crippen molar-refractivity contribution >= 4 is 5.69 Å². The summed E-state index contributed by atoms with van der Waals surface area (Å²) in [5, 5.41) is 23.3. The first kappa shape index (κ1) is 13.3. The minimum Gasteiger partial charge on any atom is -0.388 e. The van der Waals surface area contributed by atoms with E-state index in [0.717, 1.165) is 11.3 Å². The predicted octanol–water partition coefficient (Wildman–Crippen LogP) is 1.23. The third-order valence-electron chi connectivity index (χ3n) is 3.52. The summed E-state index contributed by atoms with van der Waals surface area (Å²) in [5.41, 5.74) is 2.23. The van der Waals surface area contributed by atoms with Crippen molar-refractivity contribution in [1.29, 1.82) is 0 Å². The van der Waals surface area contributed by atoms with E-state index in [1.807, 2.05) is 26.0 Å². The number of aliphatic hydroxyl groups excluding tert-OH is 1. The molecule has 0 aliphatic carbocycles. The fourth-order valence-electron chi connectivity index (χ4n) is 2.24. The SMILES string of the molecule is Cc1ccc(NCC(O)C2(O)CCOC2)c(C)c1. The van der Waals surface area contributed by atoms with Crippen molar-refractivity contribution in [3.63, 3.8) is 0 Å². The van der Waals surface area contributed by atoms with E-state index in [1.54, 1.807) is 0 Å². The van der Waals surface area contributed by atoms with Crippen molar-refractivity contribution in [1.82, 2.24) is 0 Å². The maximum absolute atomic E-state index is 10.1. The van der Waals surface area contributed by atoms with Crippen LogP contribution in [0.3, 0.4) is 0 Å². The molecule has 4 heteroatoms. The van der Waals surface area contributed by atoms with Gasteiger partial charge in [-0.1, -0.05) is 17.7 Å². The topological polar surface area (TPSA) is 61.7 Å². The lowest BCUT2D eigenvalue weighted by molar-refractivity contribution is -0.0699. The third-order valence-corrected chi connectivity index (χ3v) is 3.52. The number of hydrogen-bond donors (Lipinski definition) is 3. The number of aliphatic hydroxyl groups is 2. The predicted molar refractivity (Wildman–Crippen MR) is 70.8 cm³/mol. The van der Waals surface area contributed by atoms with E-state index in [1.165, 1.54) is 5.56 Å². The molecule has 2 atom stereocenters. The zero-order valence-corrected chi connectivity index (χ0v) is 10.9. The Bertz CT molecular complexity index is 414. The van der Waals surface area contributed by atoms with Crippen LogP contribution in [0.25, 0.3) is 0 Å². The summed E-state index contributed by atoms with van der Waals surface area (Å²) in [6.45, 7) is 5.11. The maximum Gasteiger partial charge on any atom is 0.118 e. The van der Waals surface area contributed by atoms with Gasteiger partial charge in [-0.05, 0) is 25.5 Å². The number of rotatable bonds is 4. The van der Waals surface area contributed by atoms with Gasteiger partial charge in [-0.2, -0.15) is 0 Å². The van der Waals surface area contributed by atoms with E-state index in [0.29, 0.717) is 19.6 Å². The van der Waals surface area contributed by atoms with E-state index in [-0.39, 0.29) is 6.61 Å².